The van der Waals surface area contributed by atoms with Crippen molar-refractivity contribution >= 4 is 6.09 Å². The van der Waals surface area contributed by atoms with Gasteiger partial charge in [-0.05, 0) is 12.0 Å². The molecule has 3 nitrogen and oxygen atoms in total. The Hall–Kier alpha value is -1.51. The van der Waals surface area contributed by atoms with Gasteiger partial charge in [-0.15, -0.1) is 0 Å². The Kier molecular flexibility index (Phi) is 6.07. The van der Waals surface area contributed by atoms with Gasteiger partial charge in [0.25, 0.3) is 0 Å². The van der Waals surface area contributed by atoms with Crippen LogP contribution in [0.3, 0.4) is 0 Å². The third-order valence-electron chi connectivity index (χ3n) is 2.16. The molecule has 1 radical (unpaired) electrons. The van der Waals surface area contributed by atoms with Gasteiger partial charge >= 0.3 is 6.09 Å². The zero-order valence-corrected chi connectivity index (χ0v) is 9.45. The standard InChI is InChI=1S/C13H18NO2/c1-2-3-10-14-13(15)16-11-9-12-7-5-4-6-8-12/h4-8H,1-3,9-11H2,(H,14,15). The average Bonchev–Trinajstić information content (AvgIpc) is 2.31. The van der Waals surface area contributed by atoms with E-state index in [1.165, 1.54) is 5.56 Å². The number of ether oxygens (including phenoxy) is 1. The molecule has 1 aromatic carbocycles. The molecule has 1 amide bonds. The highest BCUT2D eigenvalue weighted by molar-refractivity contribution is 5.67. The van der Waals surface area contributed by atoms with Gasteiger partial charge in [0.05, 0.1) is 6.61 Å². The smallest absolute Gasteiger partial charge is 0.407 e. The molecule has 0 aliphatic heterocycles. The van der Waals surface area contributed by atoms with Crippen LogP contribution in [0.25, 0.3) is 0 Å². The molecule has 1 aromatic rings. The Morgan fingerprint density at radius 2 is 2.06 bits per heavy atom. The second-order valence-corrected chi connectivity index (χ2v) is 3.51. The topological polar surface area (TPSA) is 38.3 Å². The molecule has 0 aromatic heterocycles. The number of unbranched alkanes of at least 4 members (excludes halogenated alkanes) is 1. The van der Waals surface area contributed by atoms with Gasteiger partial charge in [-0.1, -0.05) is 43.7 Å². The summed E-state index contributed by atoms with van der Waals surface area (Å²) >= 11 is 0. The first-order chi connectivity index (χ1) is 7.83. The summed E-state index contributed by atoms with van der Waals surface area (Å²) in [5.41, 5.74) is 1.17. The molecular weight excluding hydrogens is 202 g/mol. The fourth-order valence-corrected chi connectivity index (χ4v) is 1.27. The Morgan fingerprint density at radius 1 is 1.31 bits per heavy atom. The van der Waals surface area contributed by atoms with Crippen molar-refractivity contribution in [2.45, 2.75) is 19.3 Å². The summed E-state index contributed by atoms with van der Waals surface area (Å²) in [6.45, 7) is 4.74. The van der Waals surface area contributed by atoms with E-state index in [0.717, 1.165) is 19.3 Å². The van der Waals surface area contributed by atoms with Crippen LogP contribution in [0.5, 0.6) is 0 Å². The summed E-state index contributed by atoms with van der Waals surface area (Å²) in [7, 11) is 0. The quantitative estimate of drug-likeness (QED) is 0.748. The molecule has 0 atom stereocenters. The van der Waals surface area contributed by atoms with E-state index in [2.05, 4.69) is 12.2 Å². The van der Waals surface area contributed by atoms with Crippen molar-refractivity contribution in [3.8, 4) is 0 Å². The Bertz CT molecular complexity index is 298. The van der Waals surface area contributed by atoms with E-state index in [0.29, 0.717) is 13.2 Å². The van der Waals surface area contributed by atoms with Crippen LogP contribution in [-0.4, -0.2) is 19.2 Å². The largest absolute Gasteiger partial charge is 0.449 e. The minimum Gasteiger partial charge on any atom is -0.449 e. The molecule has 1 N–H and O–H groups in total. The molecule has 0 heterocycles. The van der Waals surface area contributed by atoms with Crippen LogP contribution >= 0.6 is 0 Å². The van der Waals surface area contributed by atoms with Gasteiger partial charge in [0.2, 0.25) is 0 Å². The van der Waals surface area contributed by atoms with Crippen LogP contribution in [0.1, 0.15) is 18.4 Å². The van der Waals surface area contributed by atoms with Crippen molar-refractivity contribution in [1.82, 2.24) is 5.32 Å². The minimum absolute atomic E-state index is 0.343. The first-order valence-electron chi connectivity index (χ1n) is 5.56. The van der Waals surface area contributed by atoms with Gasteiger partial charge < -0.3 is 10.1 Å². The molecule has 3 heteroatoms. The molecule has 0 spiro atoms. The summed E-state index contributed by atoms with van der Waals surface area (Å²) in [5.74, 6) is 0. The number of benzene rings is 1. The number of amides is 1. The molecule has 0 bridgehead atoms. The molecule has 87 valence electrons. The van der Waals surface area contributed by atoms with E-state index in [4.69, 9.17) is 4.74 Å². The van der Waals surface area contributed by atoms with Crippen LogP contribution in [0, 0.1) is 6.92 Å². The van der Waals surface area contributed by atoms with E-state index in [-0.39, 0.29) is 6.09 Å². The van der Waals surface area contributed by atoms with Gasteiger partial charge in [-0.2, -0.15) is 0 Å². The maximum absolute atomic E-state index is 11.2. The van der Waals surface area contributed by atoms with E-state index in [1.54, 1.807) is 0 Å². The van der Waals surface area contributed by atoms with E-state index >= 15 is 0 Å². The van der Waals surface area contributed by atoms with Crippen LogP contribution in [0.15, 0.2) is 30.3 Å². The SMILES string of the molecule is [CH2]CCCNC(=O)OCCc1ccccc1. The molecule has 0 saturated carbocycles. The molecule has 0 aliphatic rings. The lowest BCUT2D eigenvalue weighted by molar-refractivity contribution is 0.147. The first-order valence-corrected chi connectivity index (χ1v) is 5.56. The van der Waals surface area contributed by atoms with Crippen molar-refractivity contribution < 1.29 is 9.53 Å². The molecule has 0 saturated heterocycles. The van der Waals surface area contributed by atoms with E-state index in [9.17, 15) is 4.79 Å². The van der Waals surface area contributed by atoms with Gasteiger partial charge in [0.15, 0.2) is 0 Å². The van der Waals surface area contributed by atoms with Gasteiger partial charge in [-0.25, -0.2) is 4.79 Å². The van der Waals surface area contributed by atoms with Gasteiger partial charge in [0.1, 0.15) is 0 Å². The van der Waals surface area contributed by atoms with Crippen molar-refractivity contribution in [3.63, 3.8) is 0 Å². The zero-order valence-electron chi connectivity index (χ0n) is 9.45. The Balaban J connectivity index is 2.09. The maximum atomic E-state index is 11.2. The molecule has 16 heavy (non-hydrogen) atoms. The highest BCUT2D eigenvalue weighted by Crippen LogP contribution is 1.99. The minimum atomic E-state index is -0.343. The lowest BCUT2D eigenvalue weighted by Crippen LogP contribution is -2.25. The second-order valence-electron chi connectivity index (χ2n) is 3.51. The summed E-state index contributed by atoms with van der Waals surface area (Å²) in [5, 5.41) is 2.67. The molecular formula is C13H18NO2. The van der Waals surface area contributed by atoms with Crippen molar-refractivity contribution in [2.75, 3.05) is 13.2 Å². The number of hydrogen-bond donors (Lipinski definition) is 1. The molecule has 0 aliphatic carbocycles. The number of carbonyl (C=O) groups excluding carboxylic acids is 1. The highest BCUT2D eigenvalue weighted by atomic mass is 16.5. The van der Waals surface area contributed by atoms with Crippen molar-refractivity contribution in [1.29, 1.82) is 0 Å². The maximum Gasteiger partial charge on any atom is 0.407 e. The Labute approximate surface area is 96.8 Å². The number of hydrogen-bond acceptors (Lipinski definition) is 2. The summed E-state index contributed by atoms with van der Waals surface area (Å²) < 4.78 is 5.02. The van der Waals surface area contributed by atoms with Crippen molar-refractivity contribution in [3.05, 3.63) is 42.8 Å². The first kappa shape index (κ1) is 12.6. The highest BCUT2D eigenvalue weighted by Gasteiger charge is 2.00. The lowest BCUT2D eigenvalue weighted by Gasteiger charge is -2.06. The fraction of sp³-hybridized carbons (Fsp3) is 0.385. The zero-order chi connectivity index (χ0) is 11.6. The lowest BCUT2D eigenvalue weighted by atomic mass is 10.2. The Morgan fingerprint density at radius 3 is 2.75 bits per heavy atom. The molecule has 1 rings (SSSR count). The molecule has 0 unspecified atom stereocenters. The van der Waals surface area contributed by atoms with Gasteiger partial charge in [0, 0.05) is 13.0 Å². The monoisotopic (exact) mass is 220 g/mol. The van der Waals surface area contributed by atoms with E-state index < -0.39 is 0 Å². The summed E-state index contributed by atoms with van der Waals surface area (Å²) in [6, 6.07) is 9.96. The third kappa shape index (κ3) is 5.39. The van der Waals surface area contributed by atoms with Crippen LogP contribution in [-0.2, 0) is 11.2 Å². The predicted octanol–water partition coefficient (Wildman–Crippen LogP) is 2.57. The number of nitrogens with one attached hydrogen (secondary N) is 1. The van der Waals surface area contributed by atoms with Crippen LogP contribution < -0.4 is 5.32 Å². The van der Waals surface area contributed by atoms with Gasteiger partial charge in [-0.3, -0.25) is 0 Å². The molecule has 0 fully saturated rings. The third-order valence-corrected chi connectivity index (χ3v) is 2.16. The summed E-state index contributed by atoms with van der Waals surface area (Å²) in [4.78, 5) is 11.2. The second kappa shape index (κ2) is 7.74. The van der Waals surface area contributed by atoms with Crippen molar-refractivity contribution in [2.24, 2.45) is 0 Å². The van der Waals surface area contributed by atoms with Crippen LogP contribution in [0.2, 0.25) is 0 Å². The van der Waals surface area contributed by atoms with Crippen LogP contribution in [0.4, 0.5) is 4.79 Å². The average molecular weight is 220 g/mol. The fourth-order valence-electron chi connectivity index (χ4n) is 1.27. The summed E-state index contributed by atoms with van der Waals surface area (Å²) in [6.07, 6.45) is 2.12. The number of carbonyl (C=O) groups is 1. The number of rotatable bonds is 6. The normalized spacial score (nSPS) is 9.81. The predicted molar refractivity (Wildman–Crippen MR) is 64.1 cm³/mol. The number of alkyl carbamates (subject to hydrolysis) is 1. The van der Waals surface area contributed by atoms with E-state index in [1.807, 2.05) is 30.3 Å².